The van der Waals surface area contributed by atoms with Crippen molar-refractivity contribution in [3.63, 3.8) is 0 Å². The van der Waals surface area contributed by atoms with E-state index in [-0.39, 0.29) is 16.9 Å². The third kappa shape index (κ3) is 5.94. The molecule has 6 nitrogen and oxygen atoms in total. The number of methoxy groups -OCH3 is 1. The van der Waals surface area contributed by atoms with Crippen LogP contribution in [0.4, 0.5) is 22.0 Å². The van der Waals surface area contributed by atoms with E-state index < -0.39 is 23.8 Å². The third-order valence-corrected chi connectivity index (χ3v) is 6.14. The van der Waals surface area contributed by atoms with Crippen molar-refractivity contribution in [1.82, 2.24) is 9.80 Å². The molecule has 1 aromatic rings. The number of nitrogens with zero attached hydrogens (tertiary/aromatic N) is 2. The fraction of sp³-hybridized carbons (Fsp3) is 0.619. The number of likely N-dealkylation sites (tertiary alicyclic amines) is 2. The molecule has 2 heterocycles. The molecule has 2 saturated heterocycles. The zero-order chi connectivity index (χ0) is 24.3. The van der Waals surface area contributed by atoms with Crippen LogP contribution in [0.2, 0.25) is 0 Å². The van der Waals surface area contributed by atoms with Gasteiger partial charge in [-0.15, -0.1) is 0 Å². The van der Waals surface area contributed by atoms with Crippen LogP contribution in [0.25, 0.3) is 0 Å². The van der Waals surface area contributed by atoms with Crippen molar-refractivity contribution in [2.45, 2.75) is 25.9 Å². The molecule has 1 aromatic carbocycles. The molecule has 0 saturated carbocycles. The smallest absolute Gasteiger partial charge is 0.475 e. The summed E-state index contributed by atoms with van der Waals surface area (Å²) in [5.74, 6) is -4.37. The minimum atomic E-state index is -5.08. The van der Waals surface area contributed by atoms with Crippen LogP contribution < -0.4 is 0 Å². The molecular weight excluding hydrogens is 439 g/mol. The third-order valence-electron chi connectivity index (χ3n) is 6.14. The number of alkyl halides is 3. The number of ether oxygens (including phenoxy) is 1. The second-order valence-electron chi connectivity index (χ2n) is 8.39. The molecule has 2 aliphatic rings. The van der Waals surface area contributed by atoms with E-state index in [0.29, 0.717) is 24.6 Å². The largest absolute Gasteiger partial charge is 0.490 e. The number of aryl methyl sites for hydroxylation is 1. The lowest BCUT2D eigenvalue weighted by Crippen LogP contribution is -2.47. The quantitative estimate of drug-likeness (QED) is 0.693. The molecule has 11 heteroatoms. The molecular formula is C21H27F5N2O4. The number of rotatable bonds is 3. The van der Waals surface area contributed by atoms with Crippen LogP contribution >= 0.6 is 0 Å². The average molecular weight is 466 g/mol. The Hall–Kier alpha value is -2.27. The SMILES string of the molecule is COCC1CN(C)CC12CCN(C(=O)c1cc(F)c(F)cc1C)CC2.O=C(O)C(F)(F)F. The van der Waals surface area contributed by atoms with Gasteiger partial charge < -0.3 is 19.6 Å². The first-order valence-electron chi connectivity index (χ1n) is 10.0. The number of aliphatic carboxylic acids is 1. The van der Waals surface area contributed by atoms with Gasteiger partial charge in [-0.2, -0.15) is 13.2 Å². The number of carbonyl (C=O) groups excluding carboxylic acids is 1. The van der Waals surface area contributed by atoms with Gasteiger partial charge in [0.25, 0.3) is 5.91 Å². The maximum absolute atomic E-state index is 13.5. The number of halogens is 5. The number of piperidine rings is 1. The van der Waals surface area contributed by atoms with Crippen LogP contribution in [-0.2, 0) is 9.53 Å². The van der Waals surface area contributed by atoms with Gasteiger partial charge >= 0.3 is 12.1 Å². The fourth-order valence-electron chi connectivity index (χ4n) is 4.50. The average Bonchev–Trinajstić information content (AvgIpc) is 2.99. The number of amides is 1. The monoisotopic (exact) mass is 466 g/mol. The van der Waals surface area contributed by atoms with Gasteiger partial charge in [-0.1, -0.05) is 0 Å². The van der Waals surface area contributed by atoms with Crippen molar-refractivity contribution in [2.75, 3.05) is 46.9 Å². The van der Waals surface area contributed by atoms with E-state index in [1.807, 2.05) is 0 Å². The molecule has 0 aromatic heterocycles. The van der Waals surface area contributed by atoms with Gasteiger partial charge in [-0.25, -0.2) is 13.6 Å². The predicted molar refractivity (Wildman–Crippen MR) is 105 cm³/mol. The van der Waals surface area contributed by atoms with Crippen molar-refractivity contribution in [3.05, 3.63) is 34.9 Å². The molecule has 2 aliphatic heterocycles. The lowest BCUT2D eigenvalue weighted by atomic mass is 9.71. The summed E-state index contributed by atoms with van der Waals surface area (Å²) in [6.45, 7) is 5.70. The molecule has 3 rings (SSSR count). The van der Waals surface area contributed by atoms with E-state index >= 15 is 0 Å². The second-order valence-corrected chi connectivity index (χ2v) is 8.39. The van der Waals surface area contributed by atoms with Crippen LogP contribution in [-0.4, -0.2) is 79.9 Å². The second kappa shape index (κ2) is 10.1. The molecule has 180 valence electrons. The molecule has 1 N–H and O–H groups in total. The molecule has 1 spiro atoms. The molecule has 0 bridgehead atoms. The molecule has 2 fully saturated rings. The van der Waals surface area contributed by atoms with E-state index in [1.165, 1.54) is 0 Å². The minimum absolute atomic E-state index is 0.185. The Morgan fingerprint density at radius 1 is 1.19 bits per heavy atom. The van der Waals surface area contributed by atoms with E-state index in [0.717, 1.165) is 44.7 Å². The molecule has 1 unspecified atom stereocenters. The molecule has 1 amide bonds. The number of carboxylic acid groups (broad SMARTS) is 1. The highest BCUT2D eigenvalue weighted by atomic mass is 19.4. The maximum Gasteiger partial charge on any atom is 0.490 e. The summed E-state index contributed by atoms with van der Waals surface area (Å²) >= 11 is 0. The Morgan fingerprint density at radius 3 is 2.22 bits per heavy atom. The molecule has 32 heavy (non-hydrogen) atoms. The van der Waals surface area contributed by atoms with Crippen LogP contribution in [0, 0.1) is 29.9 Å². The highest BCUT2D eigenvalue weighted by Crippen LogP contribution is 2.44. The molecule has 1 atom stereocenters. The highest BCUT2D eigenvalue weighted by molar-refractivity contribution is 5.95. The normalized spacial score (nSPS) is 20.8. The Kier molecular flexibility index (Phi) is 8.22. The van der Waals surface area contributed by atoms with E-state index in [4.69, 9.17) is 14.6 Å². The number of carbonyl (C=O) groups is 2. The van der Waals surface area contributed by atoms with Gasteiger partial charge in [0.05, 0.1) is 6.61 Å². The van der Waals surface area contributed by atoms with Crippen LogP contribution in [0.1, 0.15) is 28.8 Å². The number of carboxylic acids is 1. The van der Waals surface area contributed by atoms with E-state index in [9.17, 15) is 26.7 Å². The van der Waals surface area contributed by atoms with Crippen molar-refractivity contribution in [2.24, 2.45) is 11.3 Å². The lowest BCUT2D eigenvalue weighted by Gasteiger charge is -2.42. The van der Waals surface area contributed by atoms with E-state index in [2.05, 4.69) is 11.9 Å². The lowest BCUT2D eigenvalue weighted by molar-refractivity contribution is -0.192. The predicted octanol–water partition coefficient (Wildman–Crippen LogP) is 3.34. The first-order valence-corrected chi connectivity index (χ1v) is 10.0. The molecule has 0 radical (unpaired) electrons. The number of hydrogen-bond donors (Lipinski definition) is 1. The van der Waals surface area contributed by atoms with Gasteiger partial charge in [0.2, 0.25) is 0 Å². The van der Waals surface area contributed by atoms with Crippen molar-refractivity contribution < 1.29 is 41.4 Å². The standard InChI is InChI=1S/C19H26F2N2O2.C2HF3O2/c1-13-8-16(20)17(21)9-15(13)18(24)23-6-4-19(5-7-23)12-22(2)10-14(19)11-25-3;3-2(4,5)1(6)7/h8-9,14H,4-7,10-12H2,1-3H3;(H,6,7). The van der Waals surface area contributed by atoms with Crippen LogP contribution in [0.15, 0.2) is 12.1 Å². The maximum atomic E-state index is 13.5. The zero-order valence-electron chi connectivity index (χ0n) is 18.1. The highest BCUT2D eigenvalue weighted by Gasteiger charge is 2.47. The zero-order valence-corrected chi connectivity index (χ0v) is 18.1. The number of benzene rings is 1. The van der Waals surface area contributed by atoms with Crippen molar-refractivity contribution >= 4 is 11.9 Å². The first-order chi connectivity index (χ1) is 14.8. The fourth-order valence-corrected chi connectivity index (χ4v) is 4.50. The first kappa shape index (κ1) is 26.0. The summed E-state index contributed by atoms with van der Waals surface area (Å²) < 4.78 is 64.0. The Labute approximate surface area is 182 Å². The Morgan fingerprint density at radius 2 is 1.72 bits per heavy atom. The van der Waals surface area contributed by atoms with Crippen molar-refractivity contribution in [1.29, 1.82) is 0 Å². The van der Waals surface area contributed by atoms with Gasteiger partial charge in [0, 0.05) is 44.8 Å². The minimum Gasteiger partial charge on any atom is -0.475 e. The Bertz CT molecular complexity index is 838. The summed E-state index contributed by atoms with van der Waals surface area (Å²) in [6, 6.07) is 2.11. The summed E-state index contributed by atoms with van der Waals surface area (Å²) in [4.78, 5) is 25.8. The topological polar surface area (TPSA) is 70.1 Å². The summed E-state index contributed by atoms with van der Waals surface area (Å²) in [6.07, 6.45) is -3.25. The summed E-state index contributed by atoms with van der Waals surface area (Å²) in [5.41, 5.74) is 0.916. The summed E-state index contributed by atoms with van der Waals surface area (Å²) in [5, 5.41) is 7.12. The molecule has 0 aliphatic carbocycles. The van der Waals surface area contributed by atoms with Gasteiger partial charge in [-0.05, 0) is 49.9 Å². The van der Waals surface area contributed by atoms with Gasteiger partial charge in [0.1, 0.15) is 0 Å². The van der Waals surface area contributed by atoms with Crippen LogP contribution in [0.5, 0.6) is 0 Å². The van der Waals surface area contributed by atoms with Gasteiger partial charge in [0.15, 0.2) is 11.6 Å². The Balaban J connectivity index is 0.000000451. The number of hydrogen-bond acceptors (Lipinski definition) is 4. The van der Waals surface area contributed by atoms with Crippen molar-refractivity contribution in [3.8, 4) is 0 Å². The van der Waals surface area contributed by atoms with E-state index in [1.54, 1.807) is 18.9 Å². The van der Waals surface area contributed by atoms with Gasteiger partial charge in [-0.3, -0.25) is 4.79 Å². The van der Waals surface area contributed by atoms with Crippen LogP contribution in [0.3, 0.4) is 0 Å². The summed E-state index contributed by atoms with van der Waals surface area (Å²) in [7, 11) is 3.86.